The predicted octanol–water partition coefficient (Wildman–Crippen LogP) is 5.55. The molecule has 174 valence electrons. The molecule has 0 aliphatic heterocycles. The molecule has 0 unspecified atom stereocenters. The van der Waals surface area contributed by atoms with Crippen molar-refractivity contribution in [2.45, 2.75) is 85.5 Å². The van der Waals surface area contributed by atoms with E-state index in [1.165, 1.54) is 6.42 Å². The van der Waals surface area contributed by atoms with Gasteiger partial charge in [0.05, 0.1) is 0 Å². The van der Waals surface area contributed by atoms with Crippen LogP contribution in [0.2, 0.25) is 0 Å². The molecule has 28 heavy (non-hydrogen) atoms. The van der Waals surface area contributed by atoms with Gasteiger partial charge in [-0.25, -0.2) is 0 Å². The predicted molar refractivity (Wildman–Crippen MR) is 120 cm³/mol. The van der Waals surface area contributed by atoms with E-state index in [9.17, 15) is 9.79 Å². The second-order valence-corrected chi connectivity index (χ2v) is 11.3. The average Bonchev–Trinajstić information content (AvgIpc) is 2.66. The molecular weight excluding hydrogens is 402 g/mol. The second-order valence-electron chi connectivity index (χ2n) is 6.87. The summed E-state index contributed by atoms with van der Waals surface area (Å²) in [6.07, 6.45) is 9.40. The van der Waals surface area contributed by atoms with E-state index >= 15 is 0 Å². The molecule has 7 nitrogen and oxygen atoms in total. The minimum absolute atomic E-state index is 0.338. The van der Waals surface area contributed by atoms with Crippen molar-refractivity contribution in [2.24, 2.45) is 0 Å². The number of rotatable bonds is 21. The van der Waals surface area contributed by atoms with E-state index in [2.05, 4.69) is 13.8 Å². The molecule has 0 saturated carbocycles. The number of unbranched alkanes of at least 4 members (excludes halogenated alkanes) is 6. The standard InChI is InChI=1S/C19H46O7P2/c1-5-9-11-15-19-27(20,22-7-3)24-16-13-14-18-26-28(21,23-8-4)25-17-12-10-6-2/h20-21,27-28H,5-19H2,1-4H3. The Balaban J connectivity index is 4.07. The molecule has 0 rings (SSSR count). The zero-order valence-electron chi connectivity index (χ0n) is 18.5. The van der Waals surface area contributed by atoms with E-state index < -0.39 is 16.1 Å². The Hall–Kier alpha value is 0.580. The van der Waals surface area contributed by atoms with Gasteiger partial charge in [-0.2, -0.15) is 0 Å². The van der Waals surface area contributed by atoms with Gasteiger partial charge < -0.3 is 0 Å². The molecule has 0 saturated heterocycles. The Kier molecular flexibility index (Phi) is 18.7. The van der Waals surface area contributed by atoms with Gasteiger partial charge in [-0.3, -0.25) is 0 Å². The fourth-order valence-electron chi connectivity index (χ4n) is 2.68. The summed E-state index contributed by atoms with van der Waals surface area (Å²) >= 11 is 0. The summed E-state index contributed by atoms with van der Waals surface area (Å²) in [5.74, 6) is 0. The summed E-state index contributed by atoms with van der Waals surface area (Å²) < 4.78 is 27.6. The van der Waals surface area contributed by atoms with Gasteiger partial charge in [0, 0.05) is 0 Å². The number of hydrogen-bond acceptors (Lipinski definition) is 7. The normalized spacial score (nSPS) is 13.8. The van der Waals surface area contributed by atoms with Crippen LogP contribution >= 0.6 is 16.1 Å². The van der Waals surface area contributed by atoms with Gasteiger partial charge in [-0.1, -0.05) is 0 Å². The van der Waals surface area contributed by atoms with Crippen LogP contribution < -0.4 is 0 Å². The molecule has 0 atom stereocenters. The molecule has 0 aromatic carbocycles. The number of hydrogen-bond donors (Lipinski definition) is 2. The monoisotopic (exact) mass is 448 g/mol. The van der Waals surface area contributed by atoms with Crippen LogP contribution in [0.3, 0.4) is 0 Å². The van der Waals surface area contributed by atoms with Crippen LogP contribution in [0, 0.1) is 0 Å². The van der Waals surface area contributed by atoms with Crippen molar-refractivity contribution in [3.05, 3.63) is 0 Å². The van der Waals surface area contributed by atoms with E-state index in [0.29, 0.717) is 52.0 Å². The van der Waals surface area contributed by atoms with Crippen molar-refractivity contribution in [1.29, 1.82) is 0 Å². The van der Waals surface area contributed by atoms with Crippen molar-refractivity contribution < 1.29 is 32.4 Å². The van der Waals surface area contributed by atoms with Gasteiger partial charge in [0.15, 0.2) is 0 Å². The Labute approximate surface area is 173 Å². The zero-order chi connectivity index (χ0) is 21.1. The fourth-order valence-corrected chi connectivity index (χ4v) is 6.09. The van der Waals surface area contributed by atoms with Gasteiger partial charge in [0.1, 0.15) is 0 Å². The van der Waals surface area contributed by atoms with E-state index in [0.717, 1.165) is 38.5 Å². The average molecular weight is 449 g/mol. The zero-order valence-corrected chi connectivity index (χ0v) is 20.5. The van der Waals surface area contributed by atoms with Crippen LogP contribution in [-0.4, -0.2) is 49.0 Å². The SMILES string of the molecule is CCCCCC[PH](O)(OCC)OCCCCO[PH](O)(OCC)OCCCCC. The summed E-state index contributed by atoms with van der Waals surface area (Å²) in [7, 11) is -6.61. The first kappa shape index (κ1) is 28.6. The van der Waals surface area contributed by atoms with Crippen LogP contribution in [0.5, 0.6) is 0 Å². The molecule has 0 fully saturated rings. The Bertz CT molecular complexity index is 320. The molecule has 9 heteroatoms. The van der Waals surface area contributed by atoms with Gasteiger partial charge in [-0.15, -0.1) is 0 Å². The summed E-state index contributed by atoms with van der Waals surface area (Å²) in [5, 5.41) is 0. The van der Waals surface area contributed by atoms with Crippen molar-refractivity contribution >= 4 is 16.1 Å². The Morgan fingerprint density at radius 3 is 1.57 bits per heavy atom. The van der Waals surface area contributed by atoms with Crippen molar-refractivity contribution in [2.75, 3.05) is 39.2 Å². The van der Waals surface area contributed by atoms with Gasteiger partial charge in [-0.05, 0) is 0 Å². The second kappa shape index (κ2) is 18.4. The molecule has 2 N–H and O–H groups in total. The van der Waals surface area contributed by atoms with Crippen molar-refractivity contribution in [3.8, 4) is 0 Å². The Morgan fingerprint density at radius 2 is 1.04 bits per heavy atom. The van der Waals surface area contributed by atoms with Crippen molar-refractivity contribution in [3.63, 3.8) is 0 Å². The molecule has 0 aromatic heterocycles. The van der Waals surface area contributed by atoms with Crippen molar-refractivity contribution in [1.82, 2.24) is 0 Å². The Morgan fingerprint density at radius 1 is 0.536 bits per heavy atom. The molecule has 0 bridgehead atoms. The van der Waals surface area contributed by atoms with E-state index in [-0.39, 0.29) is 0 Å². The molecule has 0 spiro atoms. The summed E-state index contributed by atoms with van der Waals surface area (Å²) in [4.78, 5) is 21.0. The van der Waals surface area contributed by atoms with Crippen LogP contribution in [0.25, 0.3) is 0 Å². The van der Waals surface area contributed by atoms with E-state index in [4.69, 9.17) is 22.6 Å². The van der Waals surface area contributed by atoms with Gasteiger partial charge in [0.2, 0.25) is 0 Å². The maximum atomic E-state index is 10.6. The first-order chi connectivity index (χ1) is 13.4. The van der Waals surface area contributed by atoms with Crippen LogP contribution in [0.4, 0.5) is 0 Å². The first-order valence-electron chi connectivity index (χ1n) is 11.1. The third-order valence-electron chi connectivity index (χ3n) is 4.23. The molecule has 0 aromatic rings. The van der Waals surface area contributed by atoms with Crippen LogP contribution in [-0.2, 0) is 22.6 Å². The molecule has 0 aliphatic carbocycles. The topological polar surface area (TPSA) is 86.6 Å². The third-order valence-corrected chi connectivity index (χ3v) is 8.40. The quantitative estimate of drug-likeness (QED) is 0.176. The van der Waals surface area contributed by atoms with Gasteiger partial charge in [0.25, 0.3) is 0 Å². The third kappa shape index (κ3) is 15.4. The molecule has 0 amide bonds. The van der Waals surface area contributed by atoms with Crippen LogP contribution in [0.15, 0.2) is 0 Å². The summed E-state index contributed by atoms with van der Waals surface area (Å²) in [6.45, 7) is 9.99. The molecule has 0 heterocycles. The molecule has 0 radical (unpaired) electrons. The first-order valence-corrected chi connectivity index (χ1v) is 14.7. The van der Waals surface area contributed by atoms with E-state index in [1.54, 1.807) is 0 Å². The van der Waals surface area contributed by atoms with Gasteiger partial charge >= 0.3 is 173 Å². The van der Waals surface area contributed by atoms with E-state index in [1.807, 2.05) is 13.8 Å². The fraction of sp³-hybridized carbons (Fsp3) is 1.00. The molecular formula is C19H46O7P2. The maximum absolute atomic E-state index is 10.6. The summed E-state index contributed by atoms with van der Waals surface area (Å²) in [5.41, 5.74) is 0. The molecule has 0 aliphatic rings. The summed E-state index contributed by atoms with van der Waals surface area (Å²) in [6, 6.07) is 0. The van der Waals surface area contributed by atoms with Crippen LogP contribution in [0.1, 0.15) is 85.5 Å². The minimum atomic E-state index is -3.54.